The first kappa shape index (κ1) is 11.1. The number of anilines is 1. The van der Waals surface area contributed by atoms with E-state index in [4.69, 9.17) is 0 Å². The molecule has 1 saturated carbocycles. The van der Waals surface area contributed by atoms with Crippen molar-refractivity contribution >= 4 is 28.0 Å². The number of nitrogens with one attached hydrogen (secondary N) is 1. The van der Waals surface area contributed by atoms with Crippen LogP contribution in [0.5, 0.6) is 0 Å². The summed E-state index contributed by atoms with van der Waals surface area (Å²) in [5.41, 5.74) is 0. The van der Waals surface area contributed by atoms with Crippen molar-refractivity contribution in [3.8, 4) is 0 Å². The molecule has 2 aromatic heterocycles. The highest BCUT2D eigenvalue weighted by Crippen LogP contribution is 2.39. The van der Waals surface area contributed by atoms with Gasteiger partial charge in [0, 0.05) is 28.5 Å². The van der Waals surface area contributed by atoms with Crippen molar-refractivity contribution in [3.05, 3.63) is 21.9 Å². The maximum Gasteiger partial charge on any atom is 0.202 e. The lowest BCUT2D eigenvalue weighted by Gasteiger charge is -1.96. The summed E-state index contributed by atoms with van der Waals surface area (Å²) in [7, 11) is 0. The molecule has 0 aromatic carbocycles. The second kappa shape index (κ2) is 4.70. The molecule has 2 heterocycles. The number of hydrogen-bond donors (Lipinski definition) is 1. The fraction of sp³-hybridized carbons (Fsp3) is 0.545. The average Bonchev–Trinajstić information content (AvgIpc) is 2.93. The van der Waals surface area contributed by atoms with Crippen LogP contribution in [0.2, 0.25) is 0 Å². The normalized spacial score (nSPS) is 15.1. The maximum atomic E-state index is 4.49. The van der Waals surface area contributed by atoms with E-state index in [1.807, 2.05) is 6.20 Å². The SMILES string of the molecule is CCc1cnc(CNc2nc(C3CC3)ns2)s1. The summed E-state index contributed by atoms with van der Waals surface area (Å²) in [5.74, 6) is 1.65. The number of aromatic nitrogens is 3. The fourth-order valence-corrected chi connectivity index (χ4v) is 3.00. The highest BCUT2D eigenvalue weighted by atomic mass is 32.1. The quantitative estimate of drug-likeness (QED) is 0.903. The Hall–Kier alpha value is -1.01. The molecule has 6 heteroatoms. The van der Waals surface area contributed by atoms with Crippen molar-refractivity contribution < 1.29 is 0 Å². The summed E-state index contributed by atoms with van der Waals surface area (Å²) in [5, 5.41) is 5.33. The molecule has 0 unspecified atom stereocenters. The summed E-state index contributed by atoms with van der Waals surface area (Å²) in [6.07, 6.45) is 5.52. The zero-order chi connectivity index (χ0) is 11.7. The summed E-state index contributed by atoms with van der Waals surface area (Å²) in [6, 6.07) is 0. The number of thiazole rings is 1. The Labute approximate surface area is 108 Å². The maximum absolute atomic E-state index is 4.49. The van der Waals surface area contributed by atoms with Gasteiger partial charge in [0.15, 0.2) is 0 Å². The van der Waals surface area contributed by atoms with Crippen LogP contribution in [-0.4, -0.2) is 14.3 Å². The van der Waals surface area contributed by atoms with E-state index in [0.717, 1.165) is 28.9 Å². The number of rotatable bonds is 5. The molecule has 0 aliphatic heterocycles. The third-order valence-electron chi connectivity index (χ3n) is 2.72. The first-order valence-corrected chi connectivity index (χ1v) is 7.45. The van der Waals surface area contributed by atoms with Crippen LogP contribution in [0, 0.1) is 0 Å². The van der Waals surface area contributed by atoms with Crippen molar-refractivity contribution in [2.45, 2.75) is 38.6 Å². The molecule has 0 radical (unpaired) electrons. The van der Waals surface area contributed by atoms with Crippen molar-refractivity contribution in [3.63, 3.8) is 0 Å². The van der Waals surface area contributed by atoms with Crippen molar-refractivity contribution in [2.24, 2.45) is 0 Å². The molecule has 1 aliphatic carbocycles. The Balaban J connectivity index is 1.58. The summed E-state index contributed by atoms with van der Waals surface area (Å²) in [6.45, 7) is 2.90. The molecule has 17 heavy (non-hydrogen) atoms. The van der Waals surface area contributed by atoms with Gasteiger partial charge in [-0.15, -0.1) is 11.3 Å². The Morgan fingerprint density at radius 1 is 1.47 bits per heavy atom. The van der Waals surface area contributed by atoms with Crippen molar-refractivity contribution in [1.82, 2.24) is 14.3 Å². The molecule has 0 atom stereocenters. The van der Waals surface area contributed by atoms with Crippen LogP contribution in [0.15, 0.2) is 6.20 Å². The van der Waals surface area contributed by atoms with E-state index in [2.05, 4.69) is 26.6 Å². The Bertz CT molecular complexity index is 501. The number of nitrogens with zero attached hydrogens (tertiary/aromatic N) is 3. The van der Waals surface area contributed by atoms with Gasteiger partial charge in [0.1, 0.15) is 10.8 Å². The van der Waals surface area contributed by atoms with Gasteiger partial charge in [-0.1, -0.05) is 6.92 Å². The minimum atomic E-state index is 0.633. The van der Waals surface area contributed by atoms with Gasteiger partial charge in [0.05, 0.1) is 6.54 Å². The third-order valence-corrected chi connectivity index (χ3v) is 4.55. The molecule has 90 valence electrons. The fourth-order valence-electron chi connectivity index (χ4n) is 1.56. The van der Waals surface area contributed by atoms with Gasteiger partial charge in [-0.2, -0.15) is 4.37 Å². The van der Waals surface area contributed by atoms with Crippen molar-refractivity contribution in [2.75, 3.05) is 5.32 Å². The highest BCUT2D eigenvalue weighted by Gasteiger charge is 2.27. The molecule has 2 aromatic rings. The molecule has 4 nitrogen and oxygen atoms in total. The van der Waals surface area contributed by atoms with Gasteiger partial charge in [0.2, 0.25) is 5.13 Å². The second-order valence-electron chi connectivity index (χ2n) is 4.16. The van der Waals surface area contributed by atoms with Crippen molar-refractivity contribution in [1.29, 1.82) is 0 Å². The lowest BCUT2D eigenvalue weighted by Crippen LogP contribution is -1.98. The highest BCUT2D eigenvalue weighted by molar-refractivity contribution is 7.11. The van der Waals surface area contributed by atoms with Crippen LogP contribution in [0.1, 0.15) is 41.4 Å². The molecular weight excluding hydrogens is 252 g/mol. The van der Waals surface area contributed by atoms with E-state index in [1.54, 1.807) is 11.3 Å². The Kier molecular flexibility index (Phi) is 3.07. The smallest absolute Gasteiger partial charge is 0.202 e. The minimum Gasteiger partial charge on any atom is -0.354 e. The Morgan fingerprint density at radius 2 is 2.35 bits per heavy atom. The first-order valence-electron chi connectivity index (χ1n) is 5.86. The molecule has 0 spiro atoms. The molecule has 1 N–H and O–H groups in total. The zero-order valence-electron chi connectivity index (χ0n) is 9.64. The summed E-state index contributed by atoms with van der Waals surface area (Å²) < 4.78 is 4.36. The monoisotopic (exact) mass is 266 g/mol. The van der Waals surface area contributed by atoms with Crippen LogP contribution in [-0.2, 0) is 13.0 Å². The summed E-state index contributed by atoms with van der Waals surface area (Å²) in [4.78, 5) is 10.2. The number of hydrogen-bond acceptors (Lipinski definition) is 6. The standard InChI is InChI=1S/C11H14N4S2/c1-2-8-5-12-9(16-8)6-13-11-14-10(15-17-11)7-3-4-7/h5,7H,2-4,6H2,1H3,(H,13,14,15). The first-order chi connectivity index (χ1) is 8.35. The van der Waals surface area contributed by atoms with Crippen LogP contribution in [0.25, 0.3) is 0 Å². The molecule has 1 fully saturated rings. The molecule has 1 aliphatic rings. The van der Waals surface area contributed by atoms with E-state index < -0.39 is 0 Å². The van der Waals surface area contributed by atoms with E-state index >= 15 is 0 Å². The molecule has 0 saturated heterocycles. The van der Waals surface area contributed by atoms with E-state index in [1.165, 1.54) is 29.3 Å². The largest absolute Gasteiger partial charge is 0.354 e. The molecule has 0 amide bonds. The van der Waals surface area contributed by atoms with Gasteiger partial charge in [-0.25, -0.2) is 9.97 Å². The van der Waals surface area contributed by atoms with E-state index in [-0.39, 0.29) is 0 Å². The molecule has 3 rings (SSSR count). The lowest BCUT2D eigenvalue weighted by molar-refractivity contribution is 0.978. The van der Waals surface area contributed by atoms with Gasteiger partial charge in [-0.05, 0) is 19.3 Å². The van der Waals surface area contributed by atoms with Crippen LogP contribution in [0.4, 0.5) is 5.13 Å². The van der Waals surface area contributed by atoms with Gasteiger partial charge in [0.25, 0.3) is 0 Å². The van der Waals surface area contributed by atoms with Gasteiger partial charge in [-0.3, -0.25) is 0 Å². The molecular formula is C11H14N4S2. The van der Waals surface area contributed by atoms with E-state index in [0.29, 0.717) is 5.92 Å². The average molecular weight is 266 g/mol. The van der Waals surface area contributed by atoms with Gasteiger partial charge < -0.3 is 5.32 Å². The van der Waals surface area contributed by atoms with Crippen LogP contribution >= 0.6 is 22.9 Å². The van der Waals surface area contributed by atoms with E-state index in [9.17, 15) is 0 Å². The van der Waals surface area contributed by atoms with Crippen LogP contribution < -0.4 is 5.32 Å². The lowest BCUT2D eigenvalue weighted by atomic mass is 10.4. The predicted octanol–water partition coefficient (Wildman–Crippen LogP) is 3.05. The number of aryl methyl sites for hydroxylation is 1. The zero-order valence-corrected chi connectivity index (χ0v) is 11.3. The van der Waals surface area contributed by atoms with Gasteiger partial charge >= 0.3 is 0 Å². The topological polar surface area (TPSA) is 50.7 Å². The second-order valence-corrected chi connectivity index (χ2v) is 6.11. The third kappa shape index (κ3) is 2.63. The minimum absolute atomic E-state index is 0.633. The summed E-state index contributed by atoms with van der Waals surface area (Å²) >= 11 is 3.21. The van der Waals surface area contributed by atoms with Crippen LogP contribution in [0.3, 0.4) is 0 Å². The molecule has 0 bridgehead atoms. The Morgan fingerprint density at radius 3 is 3.06 bits per heavy atom. The predicted molar refractivity (Wildman–Crippen MR) is 70.7 cm³/mol.